The summed E-state index contributed by atoms with van der Waals surface area (Å²) in [6.45, 7) is 6.35. The Bertz CT molecular complexity index is 282. The van der Waals surface area contributed by atoms with Crippen LogP contribution in [-0.2, 0) is 14.4 Å². The van der Waals surface area contributed by atoms with Gasteiger partial charge in [-0.2, -0.15) is 0 Å². The first-order valence-electron chi connectivity index (χ1n) is 6.67. The highest BCUT2D eigenvalue weighted by molar-refractivity contribution is 5.84. The van der Waals surface area contributed by atoms with E-state index in [0.717, 1.165) is 17.9 Å². The van der Waals surface area contributed by atoms with Crippen LogP contribution in [0.4, 0.5) is 4.79 Å². The Balaban J connectivity index is 4.42. The van der Waals surface area contributed by atoms with E-state index in [1.165, 1.54) is 14.2 Å². The minimum Gasteiger partial charge on any atom is -0.450 e. The third-order valence-electron chi connectivity index (χ3n) is 2.61. The van der Waals surface area contributed by atoms with Gasteiger partial charge in [0.05, 0.1) is 13.7 Å². The molecule has 0 saturated heterocycles. The SMILES string of the molecule is CCCCOC(=O)N[C@@H](CC(C)C)C(=O)N(C)OC. The fraction of sp³-hybridized carbons (Fsp3) is 0.846. The maximum absolute atomic E-state index is 12.0. The maximum Gasteiger partial charge on any atom is 0.407 e. The van der Waals surface area contributed by atoms with Gasteiger partial charge in [-0.25, -0.2) is 9.86 Å². The van der Waals surface area contributed by atoms with Crippen molar-refractivity contribution < 1.29 is 19.2 Å². The molecule has 6 heteroatoms. The fourth-order valence-electron chi connectivity index (χ4n) is 1.50. The number of hydroxylamine groups is 2. The Morgan fingerprint density at radius 2 is 1.95 bits per heavy atom. The Hall–Kier alpha value is -1.30. The molecule has 0 fully saturated rings. The Labute approximate surface area is 115 Å². The molecule has 0 unspecified atom stereocenters. The number of nitrogens with one attached hydrogen (secondary N) is 1. The predicted octanol–water partition coefficient (Wildman–Crippen LogP) is 1.95. The van der Waals surface area contributed by atoms with Crippen LogP contribution >= 0.6 is 0 Å². The number of hydrogen-bond donors (Lipinski definition) is 1. The highest BCUT2D eigenvalue weighted by Crippen LogP contribution is 2.08. The van der Waals surface area contributed by atoms with E-state index in [4.69, 9.17) is 9.57 Å². The van der Waals surface area contributed by atoms with Gasteiger partial charge in [0, 0.05) is 7.05 Å². The van der Waals surface area contributed by atoms with E-state index < -0.39 is 12.1 Å². The second-order valence-electron chi connectivity index (χ2n) is 4.83. The Morgan fingerprint density at radius 3 is 2.42 bits per heavy atom. The van der Waals surface area contributed by atoms with Crippen LogP contribution in [0.2, 0.25) is 0 Å². The van der Waals surface area contributed by atoms with Crippen LogP contribution in [0.3, 0.4) is 0 Å². The summed E-state index contributed by atoms with van der Waals surface area (Å²) in [5.41, 5.74) is 0. The fourth-order valence-corrected chi connectivity index (χ4v) is 1.50. The molecule has 6 nitrogen and oxygen atoms in total. The summed E-state index contributed by atoms with van der Waals surface area (Å²) in [5, 5.41) is 3.70. The number of nitrogens with zero attached hydrogens (tertiary/aromatic N) is 1. The number of alkyl carbamates (subject to hydrolysis) is 1. The quantitative estimate of drug-likeness (QED) is 0.542. The van der Waals surface area contributed by atoms with Crippen molar-refractivity contribution in [2.45, 2.75) is 46.1 Å². The lowest BCUT2D eigenvalue weighted by molar-refractivity contribution is -0.171. The zero-order chi connectivity index (χ0) is 14.8. The van der Waals surface area contributed by atoms with Crippen molar-refractivity contribution in [1.82, 2.24) is 10.4 Å². The summed E-state index contributed by atoms with van der Waals surface area (Å²) in [7, 11) is 2.92. The highest BCUT2D eigenvalue weighted by atomic mass is 16.7. The van der Waals surface area contributed by atoms with E-state index in [9.17, 15) is 9.59 Å². The minimum atomic E-state index is -0.626. The van der Waals surface area contributed by atoms with Gasteiger partial charge in [0.25, 0.3) is 5.91 Å². The molecule has 0 heterocycles. The number of likely N-dealkylation sites (N-methyl/N-ethyl adjacent to an activating group) is 1. The van der Waals surface area contributed by atoms with Gasteiger partial charge in [-0.05, 0) is 18.8 Å². The Kier molecular flexibility index (Phi) is 8.95. The average molecular weight is 274 g/mol. The van der Waals surface area contributed by atoms with Gasteiger partial charge in [-0.3, -0.25) is 9.63 Å². The normalized spacial score (nSPS) is 12.1. The standard InChI is InChI=1S/C13H26N2O4/c1-6-7-8-19-13(17)14-11(9-10(2)3)12(16)15(4)18-5/h10-11H,6-9H2,1-5H3,(H,14,17)/t11-/m0/s1. The van der Waals surface area contributed by atoms with E-state index in [0.29, 0.717) is 13.0 Å². The van der Waals surface area contributed by atoms with Crippen LogP contribution in [0.25, 0.3) is 0 Å². The summed E-state index contributed by atoms with van der Waals surface area (Å²) in [4.78, 5) is 28.4. The topological polar surface area (TPSA) is 67.9 Å². The molecule has 19 heavy (non-hydrogen) atoms. The second-order valence-corrected chi connectivity index (χ2v) is 4.83. The Morgan fingerprint density at radius 1 is 1.32 bits per heavy atom. The maximum atomic E-state index is 12.0. The number of amides is 2. The first-order chi connectivity index (χ1) is 8.92. The van der Waals surface area contributed by atoms with Crippen LogP contribution in [0, 0.1) is 5.92 Å². The van der Waals surface area contributed by atoms with Gasteiger partial charge in [-0.1, -0.05) is 27.2 Å². The van der Waals surface area contributed by atoms with Gasteiger partial charge in [0.2, 0.25) is 0 Å². The van der Waals surface area contributed by atoms with E-state index in [1.54, 1.807) is 0 Å². The van der Waals surface area contributed by atoms with Crippen LogP contribution in [-0.4, -0.2) is 43.9 Å². The van der Waals surface area contributed by atoms with E-state index >= 15 is 0 Å². The van der Waals surface area contributed by atoms with Crippen LogP contribution in [0.5, 0.6) is 0 Å². The molecule has 0 saturated carbocycles. The number of hydrogen-bond acceptors (Lipinski definition) is 4. The number of unbranched alkanes of at least 4 members (excludes halogenated alkanes) is 1. The monoisotopic (exact) mass is 274 g/mol. The molecule has 0 bridgehead atoms. The summed E-state index contributed by atoms with van der Waals surface area (Å²) in [6, 6.07) is -0.626. The first kappa shape index (κ1) is 17.7. The molecule has 0 aromatic heterocycles. The lowest BCUT2D eigenvalue weighted by Crippen LogP contribution is -2.47. The highest BCUT2D eigenvalue weighted by Gasteiger charge is 2.25. The van der Waals surface area contributed by atoms with Crippen LogP contribution < -0.4 is 5.32 Å². The first-order valence-corrected chi connectivity index (χ1v) is 6.67. The van der Waals surface area contributed by atoms with E-state index in [1.807, 2.05) is 20.8 Å². The predicted molar refractivity (Wildman–Crippen MR) is 72.4 cm³/mol. The third-order valence-corrected chi connectivity index (χ3v) is 2.61. The summed E-state index contributed by atoms with van der Waals surface area (Å²) in [5.74, 6) is -0.0150. The van der Waals surface area contributed by atoms with Crippen molar-refractivity contribution in [3.8, 4) is 0 Å². The van der Waals surface area contributed by atoms with Crippen LogP contribution in [0.15, 0.2) is 0 Å². The zero-order valence-electron chi connectivity index (χ0n) is 12.6. The number of carbonyl (C=O) groups is 2. The second kappa shape index (κ2) is 9.61. The lowest BCUT2D eigenvalue weighted by atomic mass is 10.0. The van der Waals surface area contributed by atoms with Gasteiger partial charge in [0.15, 0.2) is 0 Å². The van der Waals surface area contributed by atoms with Crippen molar-refractivity contribution in [2.75, 3.05) is 20.8 Å². The van der Waals surface area contributed by atoms with Crippen molar-refractivity contribution >= 4 is 12.0 Å². The molecule has 0 aliphatic carbocycles. The average Bonchev–Trinajstić information content (AvgIpc) is 2.36. The molecule has 0 aliphatic rings. The molecule has 0 aliphatic heterocycles. The lowest BCUT2D eigenvalue weighted by Gasteiger charge is -2.23. The van der Waals surface area contributed by atoms with Gasteiger partial charge < -0.3 is 10.1 Å². The largest absolute Gasteiger partial charge is 0.450 e. The number of carbonyl (C=O) groups excluding carboxylic acids is 2. The molecule has 1 atom stereocenters. The summed E-state index contributed by atoms with van der Waals surface area (Å²) < 4.78 is 5.00. The van der Waals surface area contributed by atoms with Crippen molar-refractivity contribution in [3.05, 3.63) is 0 Å². The molecule has 0 spiro atoms. The van der Waals surface area contributed by atoms with E-state index in [-0.39, 0.29) is 11.8 Å². The summed E-state index contributed by atoms with van der Waals surface area (Å²) >= 11 is 0. The van der Waals surface area contributed by atoms with Gasteiger partial charge >= 0.3 is 6.09 Å². The van der Waals surface area contributed by atoms with E-state index in [2.05, 4.69) is 5.32 Å². The van der Waals surface area contributed by atoms with Gasteiger partial charge in [0.1, 0.15) is 6.04 Å². The summed E-state index contributed by atoms with van der Waals surface area (Å²) in [6.07, 6.45) is 1.74. The molecular formula is C13H26N2O4. The molecule has 112 valence electrons. The minimum absolute atomic E-state index is 0.273. The van der Waals surface area contributed by atoms with Gasteiger partial charge in [-0.15, -0.1) is 0 Å². The third kappa shape index (κ3) is 7.66. The van der Waals surface area contributed by atoms with Crippen LogP contribution in [0.1, 0.15) is 40.0 Å². The van der Waals surface area contributed by atoms with Crippen molar-refractivity contribution in [1.29, 1.82) is 0 Å². The zero-order valence-corrected chi connectivity index (χ0v) is 12.6. The van der Waals surface area contributed by atoms with Crippen molar-refractivity contribution in [3.63, 3.8) is 0 Å². The molecular weight excluding hydrogens is 248 g/mol. The molecule has 1 N–H and O–H groups in total. The number of rotatable bonds is 8. The molecule has 0 rings (SSSR count). The number of ether oxygens (including phenoxy) is 1. The molecule has 2 amide bonds. The molecule has 0 radical (unpaired) electrons. The molecule has 0 aromatic carbocycles. The molecule has 0 aromatic rings. The smallest absolute Gasteiger partial charge is 0.407 e. The van der Waals surface area contributed by atoms with Crippen molar-refractivity contribution in [2.24, 2.45) is 5.92 Å².